The molecule has 0 fully saturated rings. The van der Waals surface area contributed by atoms with Crippen LogP contribution in [0.4, 0.5) is 11.8 Å². The number of benzene rings is 2. The molecule has 3 aromatic rings. The lowest BCUT2D eigenvalue weighted by Crippen LogP contribution is -2.11. The number of nitrogens with zero attached hydrogens (tertiary/aromatic N) is 2. The van der Waals surface area contributed by atoms with Gasteiger partial charge in [0.05, 0.1) is 12.8 Å². The van der Waals surface area contributed by atoms with E-state index in [9.17, 15) is 0 Å². The van der Waals surface area contributed by atoms with Crippen molar-refractivity contribution in [1.29, 1.82) is 0 Å². The molecule has 0 bridgehead atoms. The highest BCUT2D eigenvalue weighted by Crippen LogP contribution is 2.22. The number of methoxy groups -OCH3 is 1. The Balaban J connectivity index is 1.76. The molecule has 5 heteroatoms. The van der Waals surface area contributed by atoms with Crippen molar-refractivity contribution in [2.24, 2.45) is 0 Å². The van der Waals surface area contributed by atoms with Crippen molar-refractivity contribution < 1.29 is 4.74 Å². The summed E-state index contributed by atoms with van der Waals surface area (Å²) in [7, 11) is 1.69. The molecule has 0 saturated heterocycles. The largest absolute Gasteiger partial charge is 0.496 e. The van der Waals surface area contributed by atoms with Crippen molar-refractivity contribution in [2.75, 3.05) is 30.8 Å². The second kappa shape index (κ2) is 9.38. The number of hydrogen-bond donors (Lipinski definition) is 2. The van der Waals surface area contributed by atoms with Gasteiger partial charge in [0.25, 0.3) is 0 Å². The van der Waals surface area contributed by atoms with E-state index >= 15 is 0 Å². The molecular formula is C22H24N4O. The van der Waals surface area contributed by atoms with Gasteiger partial charge < -0.3 is 15.4 Å². The van der Waals surface area contributed by atoms with Crippen molar-refractivity contribution in [1.82, 2.24) is 9.97 Å². The third-order valence-corrected chi connectivity index (χ3v) is 4.09. The lowest BCUT2D eigenvalue weighted by molar-refractivity contribution is 0.410. The van der Waals surface area contributed by atoms with Gasteiger partial charge in [-0.15, -0.1) is 6.58 Å². The summed E-state index contributed by atoms with van der Waals surface area (Å²) in [5.41, 5.74) is 3.07. The summed E-state index contributed by atoms with van der Waals surface area (Å²) >= 11 is 0. The lowest BCUT2D eigenvalue weighted by atomic mass is 10.1. The van der Waals surface area contributed by atoms with Crippen LogP contribution in [0.2, 0.25) is 0 Å². The zero-order valence-corrected chi connectivity index (χ0v) is 15.5. The van der Waals surface area contributed by atoms with E-state index in [1.165, 1.54) is 0 Å². The molecule has 138 valence electrons. The van der Waals surface area contributed by atoms with Crippen LogP contribution in [0.5, 0.6) is 5.75 Å². The quantitative estimate of drug-likeness (QED) is 0.554. The molecule has 27 heavy (non-hydrogen) atoms. The standard InChI is InChI=1S/C22H24N4O/c1-3-14-23-21-16-19(17-9-5-4-6-10-17)25-22(26-21)24-15-13-18-11-7-8-12-20(18)27-2/h3-12,16H,1,13-15H2,2H3,(H2,23,24,25,26). The van der Waals surface area contributed by atoms with E-state index in [2.05, 4.69) is 33.2 Å². The first-order valence-corrected chi connectivity index (χ1v) is 8.95. The Morgan fingerprint density at radius 1 is 1.00 bits per heavy atom. The average molecular weight is 360 g/mol. The van der Waals surface area contributed by atoms with Crippen LogP contribution in [0.25, 0.3) is 11.3 Å². The van der Waals surface area contributed by atoms with E-state index in [0.717, 1.165) is 34.8 Å². The molecule has 0 aliphatic rings. The molecule has 1 heterocycles. The molecule has 0 spiro atoms. The van der Waals surface area contributed by atoms with Gasteiger partial charge in [0.15, 0.2) is 0 Å². The summed E-state index contributed by atoms with van der Waals surface area (Å²) in [6.45, 7) is 5.10. The van der Waals surface area contributed by atoms with Gasteiger partial charge in [0, 0.05) is 24.7 Å². The molecule has 0 amide bonds. The van der Waals surface area contributed by atoms with Crippen LogP contribution in [0, 0.1) is 0 Å². The smallest absolute Gasteiger partial charge is 0.225 e. The van der Waals surface area contributed by atoms with Gasteiger partial charge in [-0.3, -0.25) is 0 Å². The van der Waals surface area contributed by atoms with Crippen molar-refractivity contribution in [2.45, 2.75) is 6.42 Å². The van der Waals surface area contributed by atoms with Crippen molar-refractivity contribution in [3.05, 3.63) is 78.9 Å². The topological polar surface area (TPSA) is 59.1 Å². The van der Waals surface area contributed by atoms with Gasteiger partial charge in [-0.1, -0.05) is 54.6 Å². The maximum Gasteiger partial charge on any atom is 0.225 e. The molecule has 2 aromatic carbocycles. The Labute approximate surface area is 160 Å². The minimum absolute atomic E-state index is 0.595. The highest BCUT2D eigenvalue weighted by atomic mass is 16.5. The number of aromatic nitrogens is 2. The van der Waals surface area contributed by atoms with Crippen molar-refractivity contribution >= 4 is 11.8 Å². The number of hydrogen-bond acceptors (Lipinski definition) is 5. The molecule has 5 nitrogen and oxygen atoms in total. The van der Waals surface area contributed by atoms with E-state index in [1.807, 2.05) is 54.6 Å². The van der Waals surface area contributed by atoms with Crippen LogP contribution in [-0.2, 0) is 6.42 Å². The number of nitrogens with one attached hydrogen (secondary N) is 2. The number of anilines is 2. The fourth-order valence-corrected chi connectivity index (χ4v) is 2.77. The third-order valence-electron chi connectivity index (χ3n) is 4.09. The van der Waals surface area contributed by atoms with Gasteiger partial charge in [-0.25, -0.2) is 4.98 Å². The fourth-order valence-electron chi connectivity index (χ4n) is 2.77. The van der Waals surface area contributed by atoms with E-state index in [0.29, 0.717) is 19.0 Å². The summed E-state index contributed by atoms with van der Waals surface area (Å²) in [6, 6.07) is 20.1. The SMILES string of the molecule is C=CCNc1cc(-c2ccccc2)nc(NCCc2ccccc2OC)n1. The Morgan fingerprint density at radius 3 is 2.56 bits per heavy atom. The minimum Gasteiger partial charge on any atom is -0.496 e. The maximum absolute atomic E-state index is 5.41. The fraction of sp³-hybridized carbons (Fsp3) is 0.182. The van der Waals surface area contributed by atoms with Gasteiger partial charge in [0.1, 0.15) is 11.6 Å². The highest BCUT2D eigenvalue weighted by Gasteiger charge is 2.07. The normalized spacial score (nSPS) is 10.3. The first-order chi connectivity index (χ1) is 13.3. The van der Waals surface area contributed by atoms with Gasteiger partial charge in [-0.2, -0.15) is 4.98 Å². The van der Waals surface area contributed by atoms with E-state index in [-0.39, 0.29) is 0 Å². The molecule has 0 saturated carbocycles. The van der Waals surface area contributed by atoms with Crippen LogP contribution in [0.15, 0.2) is 73.3 Å². The second-order valence-corrected chi connectivity index (χ2v) is 5.99. The predicted molar refractivity (Wildman–Crippen MR) is 111 cm³/mol. The first kappa shape index (κ1) is 18.5. The van der Waals surface area contributed by atoms with Crippen LogP contribution < -0.4 is 15.4 Å². The Morgan fingerprint density at radius 2 is 1.78 bits per heavy atom. The first-order valence-electron chi connectivity index (χ1n) is 8.95. The van der Waals surface area contributed by atoms with Crippen molar-refractivity contribution in [3.8, 4) is 17.0 Å². The van der Waals surface area contributed by atoms with E-state index in [4.69, 9.17) is 4.74 Å². The van der Waals surface area contributed by atoms with Gasteiger partial charge in [0.2, 0.25) is 5.95 Å². The van der Waals surface area contributed by atoms with Gasteiger partial charge in [-0.05, 0) is 18.1 Å². The summed E-state index contributed by atoms with van der Waals surface area (Å²) < 4.78 is 5.41. The molecule has 0 radical (unpaired) electrons. The minimum atomic E-state index is 0.595. The Hall–Kier alpha value is -3.34. The van der Waals surface area contributed by atoms with E-state index in [1.54, 1.807) is 13.2 Å². The summed E-state index contributed by atoms with van der Waals surface area (Å²) in [5.74, 6) is 2.26. The zero-order valence-electron chi connectivity index (χ0n) is 15.5. The Bertz CT molecular complexity index is 880. The van der Waals surface area contributed by atoms with Gasteiger partial charge >= 0.3 is 0 Å². The molecule has 0 atom stereocenters. The van der Waals surface area contributed by atoms with Crippen LogP contribution >= 0.6 is 0 Å². The lowest BCUT2D eigenvalue weighted by Gasteiger charge is -2.12. The molecular weight excluding hydrogens is 336 g/mol. The molecule has 3 rings (SSSR count). The summed E-state index contributed by atoms with van der Waals surface area (Å²) in [5, 5.41) is 6.57. The average Bonchev–Trinajstić information content (AvgIpc) is 2.73. The molecule has 1 aromatic heterocycles. The molecule has 0 aliphatic carbocycles. The van der Waals surface area contributed by atoms with Crippen LogP contribution in [0.3, 0.4) is 0 Å². The number of para-hydroxylation sites is 1. The van der Waals surface area contributed by atoms with E-state index < -0.39 is 0 Å². The van der Waals surface area contributed by atoms with Crippen LogP contribution in [0.1, 0.15) is 5.56 Å². The number of ether oxygens (including phenoxy) is 1. The zero-order chi connectivity index (χ0) is 18.9. The Kier molecular flexibility index (Phi) is 6.41. The summed E-state index contributed by atoms with van der Waals surface area (Å²) in [4.78, 5) is 9.22. The number of rotatable bonds is 9. The summed E-state index contributed by atoms with van der Waals surface area (Å²) in [6.07, 6.45) is 2.62. The maximum atomic E-state index is 5.41. The van der Waals surface area contributed by atoms with Crippen molar-refractivity contribution in [3.63, 3.8) is 0 Å². The monoisotopic (exact) mass is 360 g/mol. The molecule has 0 unspecified atom stereocenters. The molecule has 0 aliphatic heterocycles. The molecule has 2 N–H and O–H groups in total. The van der Waals surface area contributed by atoms with Crippen LogP contribution in [-0.4, -0.2) is 30.2 Å². The third kappa shape index (κ3) is 5.07. The highest BCUT2D eigenvalue weighted by molar-refractivity contribution is 5.64. The second-order valence-electron chi connectivity index (χ2n) is 5.99. The predicted octanol–water partition coefficient (Wildman–Crippen LogP) is 4.40.